The maximum atomic E-state index is 11.0. The molecule has 0 aromatic carbocycles. The Morgan fingerprint density at radius 3 is 2.87 bits per heavy atom. The molecule has 2 aromatic rings. The second-order valence-corrected chi connectivity index (χ2v) is 5.42. The Kier molecular flexibility index (Phi) is 2.62. The fourth-order valence-electron chi connectivity index (χ4n) is 1.30. The van der Waals surface area contributed by atoms with Crippen LogP contribution in [0.2, 0.25) is 0 Å². The van der Waals surface area contributed by atoms with Crippen molar-refractivity contribution < 1.29 is 9.90 Å². The molecule has 0 bridgehead atoms. The van der Waals surface area contributed by atoms with Crippen LogP contribution in [0, 0.1) is 0 Å². The van der Waals surface area contributed by atoms with E-state index < -0.39 is 5.97 Å². The Morgan fingerprint density at radius 2 is 2.33 bits per heavy atom. The molecule has 2 rings (SSSR count). The minimum Gasteiger partial charge on any atom is -0.477 e. The molecular weight excluding hydrogens is 280 g/mol. The van der Waals surface area contributed by atoms with Gasteiger partial charge in [-0.3, -0.25) is 0 Å². The van der Waals surface area contributed by atoms with Crippen LogP contribution in [0.1, 0.15) is 10.5 Å². The topological polar surface area (TPSA) is 55.1 Å². The first-order chi connectivity index (χ1) is 7.09. The summed E-state index contributed by atoms with van der Waals surface area (Å²) in [7, 11) is 1.67. The van der Waals surface area contributed by atoms with E-state index in [1.165, 1.54) is 22.2 Å². The third-order valence-electron chi connectivity index (χ3n) is 1.95. The molecule has 0 unspecified atom stereocenters. The van der Waals surface area contributed by atoms with Crippen LogP contribution in [0.4, 0.5) is 0 Å². The van der Waals surface area contributed by atoms with Gasteiger partial charge in [0.05, 0.1) is 15.0 Å². The molecule has 0 saturated heterocycles. The van der Waals surface area contributed by atoms with Gasteiger partial charge >= 0.3 is 5.97 Å². The lowest BCUT2D eigenvalue weighted by molar-refractivity contribution is 0.0687. The number of imidazole rings is 1. The summed E-state index contributed by atoms with van der Waals surface area (Å²) in [6.45, 7) is 0. The van der Waals surface area contributed by atoms with Gasteiger partial charge in [-0.2, -0.15) is 0 Å². The SMILES string of the molecule is Cn1cnc(-c2ccc(Br)s2)c1C(=O)O. The Morgan fingerprint density at radius 1 is 1.60 bits per heavy atom. The molecule has 0 amide bonds. The van der Waals surface area contributed by atoms with Crippen molar-refractivity contribution in [1.29, 1.82) is 0 Å². The lowest BCUT2D eigenvalue weighted by Crippen LogP contribution is -2.04. The fraction of sp³-hybridized carbons (Fsp3) is 0.111. The highest BCUT2D eigenvalue weighted by atomic mass is 79.9. The van der Waals surface area contributed by atoms with Gasteiger partial charge in [0, 0.05) is 7.05 Å². The van der Waals surface area contributed by atoms with Crippen molar-refractivity contribution in [2.75, 3.05) is 0 Å². The first-order valence-corrected chi connectivity index (χ1v) is 5.71. The molecule has 2 aromatic heterocycles. The second kappa shape index (κ2) is 3.79. The summed E-state index contributed by atoms with van der Waals surface area (Å²) in [6.07, 6.45) is 1.51. The van der Waals surface area contributed by atoms with E-state index in [2.05, 4.69) is 20.9 Å². The zero-order valence-electron chi connectivity index (χ0n) is 7.77. The summed E-state index contributed by atoms with van der Waals surface area (Å²) in [5.74, 6) is -0.963. The van der Waals surface area contributed by atoms with Crippen molar-refractivity contribution in [3.63, 3.8) is 0 Å². The van der Waals surface area contributed by atoms with E-state index >= 15 is 0 Å². The number of thiophene rings is 1. The van der Waals surface area contributed by atoms with Crippen LogP contribution in [0.15, 0.2) is 22.2 Å². The third-order valence-corrected chi connectivity index (χ3v) is 3.58. The number of aryl methyl sites for hydroxylation is 1. The molecule has 0 fully saturated rings. The summed E-state index contributed by atoms with van der Waals surface area (Å²) in [6, 6.07) is 3.73. The fourth-order valence-corrected chi connectivity index (χ4v) is 2.69. The normalized spacial score (nSPS) is 10.5. The Bertz CT molecular complexity index is 518. The average Bonchev–Trinajstić information content (AvgIpc) is 2.71. The second-order valence-electron chi connectivity index (χ2n) is 2.96. The molecule has 0 aliphatic carbocycles. The predicted octanol–water partition coefficient (Wildman–Crippen LogP) is 2.61. The van der Waals surface area contributed by atoms with Crippen LogP contribution in [-0.2, 0) is 7.05 Å². The Hall–Kier alpha value is -1.14. The first kappa shape index (κ1) is 10.4. The third kappa shape index (κ3) is 1.82. The number of aromatic carboxylic acids is 1. The molecule has 15 heavy (non-hydrogen) atoms. The highest BCUT2D eigenvalue weighted by molar-refractivity contribution is 9.11. The summed E-state index contributed by atoms with van der Waals surface area (Å²) in [4.78, 5) is 16.0. The maximum absolute atomic E-state index is 11.0. The maximum Gasteiger partial charge on any atom is 0.354 e. The number of halogens is 1. The number of rotatable bonds is 2. The van der Waals surface area contributed by atoms with Crippen LogP contribution >= 0.6 is 27.3 Å². The van der Waals surface area contributed by atoms with E-state index in [0.717, 1.165) is 8.66 Å². The van der Waals surface area contributed by atoms with Crippen molar-refractivity contribution in [2.45, 2.75) is 0 Å². The van der Waals surface area contributed by atoms with Crippen molar-refractivity contribution in [2.24, 2.45) is 7.05 Å². The van der Waals surface area contributed by atoms with Gasteiger partial charge in [-0.25, -0.2) is 9.78 Å². The van der Waals surface area contributed by atoms with E-state index in [1.54, 1.807) is 7.05 Å². The molecule has 6 heteroatoms. The quantitative estimate of drug-likeness (QED) is 0.923. The highest BCUT2D eigenvalue weighted by Gasteiger charge is 2.18. The number of carboxylic acids is 1. The molecule has 0 spiro atoms. The van der Waals surface area contributed by atoms with E-state index in [0.29, 0.717) is 5.69 Å². The lowest BCUT2D eigenvalue weighted by Gasteiger charge is -1.97. The number of aromatic nitrogens is 2. The monoisotopic (exact) mass is 286 g/mol. The minimum atomic E-state index is -0.963. The first-order valence-electron chi connectivity index (χ1n) is 4.10. The smallest absolute Gasteiger partial charge is 0.354 e. The highest BCUT2D eigenvalue weighted by Crippen LogP contribution is 2.32. The van der Waals surface area contributed by atoms with Gasteiger partial charge in [-0.15, -0.1) is 11.3 Å². The predicted molar refractivity (Wildman–Crippen MR) is 61.2 cm³/mol. The van der Waals surface area contributed by atoms with Gasteiger partial charge in [-0.1, -0.05) is 0 Å². The van der Waals surface area contributed by atoms with Gasteiger partial charge in [0.15, 0.2) is 5.69 Å². The van der Waals surface area contributed by atoms with E-state index in [9.17, 15) is 4.79 Å². The number of carboxylic acid groups (broad SMARTS) is 1. The van der Waals surface area contributed by atoms with Gasteiger partial charge in [0.1, 0.15) is 5.69 Å². The van der Waals surface area contributed by atoms with Gasteiger partial charge in [0.25, 0.3) is 0 Å². The zero-order chi connectivity index (χ0) is 11.0. The summed E-state index contributed by atoms with van der Waals surface area (Å²) >= 11 is 4.80. The van der Waals surface area contributed by atoms with E-state index in [1.807, 2.05) is 12.1 Å². The molecule has 78 valence electrons. The van der Waals surface area contributed by atoms with Crippen molar-refractivity contribution in [1.82, 2.24) is 9.55 Å². The van der Waals surface area contributed by atoms with Crippen LogP contribution in [0.3, 0.4) is 0 Å². The molecule has 0 radical (unpaired) electrons. The number of hydrogen-bond acceptors (Lipinski definition) is 3. The van der Waals surface area contributed by atoms with Crippen LogP contribution in [-0.4, -0.2) is 20.6 Å². The van der Waals surface area contributed by atoms with Crippen LogP contribution in [0.25, 0.3) is 10.6 Å². The average molecular weight is 287 g/mol. The number of carbonyl (C=O) groups is 1. The molecule has 4 nitrogen and oxygen atoms in total. The van der Waals surface area contributed by atoms with Crippen LogP contribution in [0.5, 0.6) is 0 Å². The van der Waals surface area contributed by atoms with Crippen LogP contribution < -0.4 is 0 Å². The van der Waals surface area contributed by atoms with Crippen molar-refractivity contribution >= 4 is 33.2 Å². The standard InChI is InChI=1S/C9H7BrN2O2S/c1-12-4-11-7(8(12)9(13)14)5-2-3-6(10)15-5/h2-4H,1H3,(H,13,14). The summed E-state index contributed by atoms with van der Waals surface area (Å²) < 4.78 is 2.46. The Labute approximate surface area is 98.3 Å². The molecule has 0 aliphatic heterocycles. The zero-order valence-corrected chi connectivity index (χ0v) is 10.2. The van der Waals surface area contributed by atoms with Crippen molar-refractivity contribution in [3.8, 4) is 10.6 Å². The molecule has 0 atom stereocenters. The molecule has 1 N–H and O–H groups in total. The molecular formula is C9H7BrN2O2S. The van der Waals surface area contributed by atoms with Crippen molar-refractivity contribution in [3.05, 3.63) is 27.9 Å². The summed E-state index contributed by atoms with van der Waals surface area (Å²) in [5, 5.41) is 9.04. The molecule has 2 heterocycles. The van der Waals surface area contributed by atoms with E-state index in [-0.39, 0.29) is 5.69 Å². The molecule has 0 aliphatic rings. The molecule has 0 saturated carbocycles. The summed E-state index contributed by atoms with van der Waals surface area (Å²) in [5.41, 5.74) is 0.727. The number of hydrogen-bond donors (Lipinski definition) is 1. The van der Waals surface area contributed by atoms with Gasteiger partial charge in [-0.05, 0) is 28.1 Å². The van der Waals surface area contributed by atoms with Gasteiger partial charge < -0.3 is 9.67 Å². The van der Waals surface area contributed by atoms with Gasteiger partial charge in [0.2, 0.25) is 0 Å². The Balaban J connectivity index is 2.58. The van der Waals surface area contributed by atoms with E-state index in [4.69, 9.17) is 5.11 Å². The minimum absolute atomic E-state index is 0.212. The lowest BCUT2D eigenvalue weighted by atomic mass is 10.3. The number of nitrogens with zero attached hydrogens (tertiary/aromatic N) is 2. The largest absolute Gasteiger partial charge is 0.477 e.